The van der Waals surface area contributed by atoms with E-state index in [1.807, 2.05) is 40.0 Å². The third-order valence-electron chi connectivity index (χ3n) is 5.66. The number of fused-ring (bicyclic) bond motifs is 2. The molecule has 0 N–H and O–H groups in total. The molecule has 5 nitrogen and oxygen atoms in total. The fraction of sp³-hybridized carbons (Fsp3) is 0.227. The number of anilines is 1. The van der Waals surface area contributed by atoms with Crippen LogP contribution in [0.3, 0.4) is 0 Å². The quantitative estimate of drug-likeness (QED) is 0.646. The minimum Gasteiger partial charge on any atom is -0.332 e. The van der Waals surface area contributed by atoms with E-state index in [0.29, 0.717) is 24.6 Å². The van der Waals surface area contributed by atoms with Gasteiger partial charge in [-0.15, -0.1) is 0 Å². The smallest absolute Gasteiger partial charge is 0.256 e. The Morgan fingerprint density at radius 1 is 1.11 bits per heavy atom. The van der Waals surface area contributed by atoms with Crippen molar-refractivity contribution in [3.8, 4) is 0 Å². The average Bonchev–Trinajstić information content (AvgIpc) is 3.25. The summed E-state index contributed by atoms with van der Waals surface area (Å²) < 4.78 is 1.86. The Morgan fingerprint density at radius 3 is 2.68 bits per heavy atom. The highest BCUT2D eigenvalue weighted by Crippen LogP contribution is 2.32. The Kier molecular flexibility index (Phi) is 4.02. The van der Waals surface area contributed by atoms with Crippen LogP contribution in [0.4, 0.5) is 5.69 Å². The van der Waals surface area contributed by atoms with E-state index in [0.717, 1.165) is 5.69 Å². The molecule has 140 valence electrons. The third-order valence-corrected chi connectivity index (χ3v) is 6.08. The summed E-state index contributed by atoms with van der Waals surface area (Å²) in [6.45, 7) is 3.44. The monoisotopic (exact) mass is 388 g/mol. The number of aryl methyl sites for hydroxylation is 1. The van der Waals surface area contributed by atoms with Gasteiger partial charge < -0.3 is 4.90 Å². The van der Waals surface area contributed by atoms with Gasteiger partial charge in [0.05, 0.1) is 18.4 Å². The molecule has 1 amide bonds. The van der Waals surface area contributed by atoms with Gasteiger partial charge in [-0.2, -0.15) is 5.10 Å². The van der Waals surface area contributed by atoms with Crippen LogP contribution >= 0.6 is 12.2 Å². The largest absolute Gasteiger partial charge is 0.332 e. The molecule has 0 spiro atoms. The van der Waals surface area contributed by atoms with Crippen molar-refractivity contribution >= 4 is 28.9 Å². The van der Waals surface area contributed by atoms with Crippen molar-refractivity contribution in [2.24, 2.45) is 0 Å². The fourth-order valence-electron chi connectivity index (χ4n) is 4.07. The highest BCUT2D eigenvalue weighted by atomic mass is 32.1. The molecule has 0 bridgehead atoms. The van der Waals surface area contributed by atoms with Gasteiger partial charge in [-0.05, 0) is 41.4 Å². The number of nitrogens with zero attached hydrogens (tertiary/aromatic N) is 4. The highest BCUT2D eigenvalue weighted by Gasteiger charge is 2.45. The fourth-order valence-corrected chi connectivity index (χ4v) is 4.46. The molecular formula is C22H20N4OS. The summed E-state index contributed by atoms with van der Waals surface area (Å²) in [5.41, 5.74) is 5.65. The van der Waals surface area contributed by atoms with Crippen molar-refractivity contribution in [2.75, 3.05) is 4.90 Å². The molecule has 0 radical (unpaired) electrons. The van der Waals surface area contributed by atoms with Crippen LogP contribution in [0.15, 0.2) is 60.9 Å². The zero-order chi connectivity index (χ0) is 19.3. The van der Waals surface area contributed by atoms with Gasteiger partial charge in [0.2, 0.25) is 0 Å². The Hall–Kier alpha value is -2.99. The number of aromatic nitrogens is 2. The van der Waals surface area contributed by atoms with Crippen LogP contribution in [0.5, 0.6) is 0 Å². The van der Waals surface area contributed by atoms with Gasteiger partial charge in [0.15, 0.2) is 5.11 Å². The molecule has 1 fully saturated rings. The number of benzene rings is 2. The van der Waals surface area contributed by atoms with E-state index in [9.17, 15) is 4.79 Å². The number of hydrogen-bond donors (Lipinski definition) is 0. The van der Waals surface area contributed by atoms with E-state index in [-0.39, 0.29) is 11.9 Å². The molecule has 0 unspecified atom stereocenters. The number of carbonyl (C=O) groups excluding carboxylic acids is 1. The van der Waals surface area contributed by atoms with Gasteiger partial charge in [-0.3, -0.25) is 14.4 Å². The van der Waals surface area contributed by atoms with Crippen LogP contribution in [0, 0.1) is 6.92 Å². The predicted octanol–water partition coefficient (Wildman–Crippen LogP) is 3.30. The molecule has 3 aromatic rings. The maximum atomic E-state index is 13.1. The first-order valence-electron chi connectivity index (χ1n) is 9.40. The molecule has 28 heavy (non-hydrogen) atoms. The topological polar surface area (TPSA) is 41.4 Å². The second-order valence-corrected chi connectivity index (χ2v) is 7.76. The molecule has 2 aromatic carbocycles. The molecule has 5 rings (SSSR count). The van der Waals surface area contributed by atoms with Crippen molar-refractivity contribution in [3.05, 3.63) is 83.2 Å². The minimum absolute atomic E-state index is 0.0370. The lowest BCUT2D eigenvalue weighted by Gasteiger charge is -2.30. The standard InChI is InChI=1S/C22H20N4OS/c1-15-6-2-3-8-17(15)12-24-14-19(11-23-24)26-21(27)20-10-16-7-4-5-9-18(16)13-25(20)22(26)28/h2-9,11,14,20H,10,12-13H2,1H3/t20-/m0/s1. The summed E-state index contributed by atoms with van der Waals surface area (Å²) in [4.78, 5) is 16.8. The van der Waals surface area contributed by atoms with Crippen LogP contribution < -0.4 is 4.90 Å². The maximum absolute atomic E-state index is 13.1. The Labute approximate surface area is 169 Å². The van der Waals surface area contributed by atoms with Gasteiger partial charge in [0, 0.05) is 19.2 Å². The van der Waals surface area contributed by atoms with Gasteiger partial charge >= 0.3 is 0 Å². The van der Waals surface area contributed by atoms with Crippen LogP contribution in [0.1, 0.15) is 22.3 Å². The van der Waals surface area contributed by atoms with Gasteiger partial charge in [-0.25, -0.2) is 0 Å². The Balaban J connectivity index is 1.41. The van der Waals surface area contributed by atoms with Crippen molar-refractivity contribution in [1.29, 1.82) is 0 Å². The highest BCUT2D eigenvalue weighted by molar-refractivity contribution is 7.80. The van der Waals surface area contributed by atoms with Gasteiger partial charge in [0.25, 0.3) is 5.91 Å². The predicted molar refractivity (Wildman–Crippen MR) is 112 cm³/mol. The van der Waals surface area contributed by atoms with E-state index in [4.69, 9.17) is 12.2 Å². The number of hydrogen-bond acceptors (Lipinski definition) is 3. The molecule has 3 heterocycles. The first kappa shape index (κ1) is 17.1. The third kappa shape index (κ3) is 2.72. The first-order valence-corrected chi connectivity index (χ1v) is 9.81. The second-order valence-electron chi connectivity index (χ2n) is 7.40. The van der Waals surface area contributed by atoms with Gasteiger partial charge in [0.1, 0.15) is 6.04 Å². The minimum atomic E-state index is -0.220. The summed E-state index contributed by atoms with van der Waals surface area (Å²) in [7, 11) is 0. The normalized spacial score (nSPS) is 18.4. The molecule has 6 heteroatoms. The molecular weight excluding hydrogens is 368 g/mol. The lowest BCUT2D eigenvalue weighted by molar-refractivity contribution is -0.119. The molecule has 0 aliphatic carbocycles. The lowest BCUT2D eigenvalue weighted by Crippen LogP contribution is -2.39. The maximum Gasteiger partial charge on any atom is 0.256 e. The Morgan fingerprint density at radius 2 is 1.86 bits per heavy atom. The molecule has 1 atom stereocenters. The summed E-state index contributed by atoms with van der Waals surface area (Å²) in [6, 6.07) is 16.3. The first-order chi connectivity index (χ1) is 13.6. The summed E-state index contributed by atoms with van der Waals surface area (Å²) in [5.74, 6) is 0.0370. The summed E-state index contributed by atoms with van der Waals surface area (Å²) in [6.07, 6.45) is 4.33. The SMILES string of the molecule is Cc1ccccc1Cn1cc(N2C(=O)[C@@H]3Cc4ccccc4CN3C2=S)cn1. The molecule has 0 saturated carbocycles. The molecule has 2 aliphatic rings. The van der Waals surface area contributed by atoms with Gasteiger partial charge in [-0.1, -0.05) is 48.5 Å². The molecule has 2 aliphatic heterocycles. The number of carbonyl (C=O) groups is 1. The van der Waals surface area contributed by atoms with Crippen LogP contribution in [0.2, 0.25) is 0 Å². The molecule has 1 saturated heterocycles. The van der Waals surface area contributed by atoms with Crippen molar-refractivity contribution in [1.82, 2.24) is 14.7 Å². The van der Waals surface area contributed by atoms with Crippen LogP contribution in [-0.2, 0) is 24.3 Å². The van der Waals surface area contributed by atoms with E-state index in [2.05, 4.69) is 36.3 Å². The van der Waals surface area contributed by atoms with Crippen LogP contribution in [-0.4, -0.2) is 31.7 Å². The number of amides is 1. The average molecular weight is 388 g/mol. The summed E-state index contributed by atoms with van der Waals surface area (Å²) in [5, 5.41) is 5.04. The van der Waals surface area contributed by atoms with E-state index >= 15 is 0 Å². The van der Waals surface area contributed by atoms with E-state index < -0.39 is 0 Å². The number of rotatable bonds is 3. The number of thiocarbonyl (C=S) groups is 1. The zero-order valence-corrected chi connectivity index (χ0v) is 16.4. The van der Waals surface area contributed by atoms with E-state index in [1.165, 1.54) is 22.3 Å². The molecule has 1 aromatic heterocycles. The van der Waals surface area contributed by atoms with E-state index in [1.54, 1.807) is 11.1 Å². The zero-order valence-electron chi connectivity index (χ0n) is 15.6. The van der Waals surface area contributed by atoms with Crippen molar-refractivity contribution in [2.45, 2.75) is 32.5 Å². The lowest BCUT2D eigenvalue weighted by atomic mass is 9.95. The second kappa shape index (κ2) is 6.56. The Bertz CT molecular complexity index is 1050. The van der Waals surface area contributed by atoms with Crippen LogP contribution in [0.25, 0.3) is 0 Å². The summed E-state index contributed by atoms with van der Waals surface area (Å²) >= 11 is 5.68. The van der Waals surface area contributed by atoms with Crippen molar-refractivity contribution < 1.29 is 4.79 Å². The van der Waals surface area contributed by atoms with Crippen molar-refractivity contribution in [3.63, 3.8) is 0 Å².